The van der Waals surface area contributed by atoms with Crippen LogP contribution in [0.2, 0.25) is 0 Å². The molecule has 1 aliphatic carbocycles. The van der Waals surface area contributed by atoms with Crippen LogP contribution in [0.4, 0.5) is 0 Å². The van der Waals surface area contributed by atoms with Crippen LogP contribution in [0, 0.1) is 0 Å². The van der Waals surface area contributed by atoms with Gasteiger partial charge in [-0.3, -0.25) is 19.3 Å². The van der Waals surface area contributed by atoms with Gasteiger partial charge in [0, 0.05) is 13.5 Å². The molecule has 1 aromatic rings. The van der Waals surface area contributed by atoms with E-state index in [4.69, 9.17) is 0 Å². The first kappa shape index (κ1) is 12.8. The Morgan fingerprint density at radius 1 is 1.35 bits per heavy atom. The van der Waals surface area contributed by atoms with Gasteiger partial charge in [0.25, 0.3) is 0 Å². The normalized spacial score (nSPS) is 24.4. The highest BCUT2D eigenvalue weighted by Gasteiger charge is 2.55. The number of likely N-dealkylation sites (N-methyl/N-ethyl adjacent to an activating group) is 1. The fraction of sp³-hybridized carbons (Fsp3) is 0.400. The van der Waals surface area contributed by atoms with Crippen LogP contribution >= 0.6 is 0 Å². The van der Waals surface area contributed by atoms with Crippen LogP contribution in [0.3, 0.4) is 0 Å². The first-order valence-corrected chi connectivity index (χ1v) is 6.72. The van der Waals surface area contributed by atoms with Crippen LogP contribution in [-0.2, 0) is 26.2 Å². The fourth-order valence-corrected chi connectivity index (χ4v) is 3.28. The number of nitrogens with one attached hydrogen (secondary N) is 1. The number of fused-ring (bicyclic) bond motifs is 2. The number of nitrogens with zero attached hydrogens (tertiary/aromatic N) is 1. The third-order valence-corrected chi connectivity index (χ3v) is 4.34. The molecule has 0 bridgehead atoms. The molecule has 0 radical (unpaired) electrons. The van der Waals surface area contributed by atoms with Crippen molar-refractivity contribution in [3.63, 3.8) is 0 Å². The van der Waals surface area contributed by atoms with Gasteiger partial charge in [-0.1, -0.05) is 24.3 Å². The Kier molecular flexibility index (Phi) is 2.85. The minimum Gasteiger partial charge on any atom is -0.358 e. The molecule has 0 unspecified atom stereocenters. The summed E-state index contributed by atoms with van der Waals surface area (Å²) in [6.45, 7) is -0.182. The maximum absolute atomic E-state index is 12.7. The zero-order valence-corrected chi connectivity index (χ0v) is 11.3. The van der Waals surface area contributed by atoms with Gasteiger partial charge < -0.3 is 5.32 Å². The van der Waals surface area contributed by atoms with E-state index in [0.717, 1.165) is 22.4 Å². The van der Waals surface area contributed by atoms with E-state index in [9.17, 15) is 14.4 Å². The van der Waals surface area contributed by atoms with Gasteiger partial charge in [-0.2, -0.15) is 0 Å². The van der Waals surface area contributed by atoms with E-state index in [1.807, 2.05) is 24.3 Å². The fourth-order valence-electron chi connectivity index (χ4n) is 3.28. The monoisotopic (exact) mass is 272 g/mol. The Balaban J connectivity index is 1.96. The van der Waals surface area contributed by atoms with Crippen LogP contribution in [-0.4, -0.2) is 36.2 Å². The van der Waals surface area contributed by atoms with Gasteiger partial charge in [-0.25, -0.2) is 0 Å². The van der Waals surface area contributed by atoms with Crippen LogP contribution in [0.1, 0.15) is 24.0 Å². The lowest BCUT2D eigenvalue weighted by Crippen LogP contribution is -2.42. The highest BCUT2D eigenvalue weighted by atomic mass is 16.2. The van der Waals surface area contributed by atoms with Gasteiger partial charge in [0.05, 0.1) is 5.41 Å². The number of imide groups is 1. The van der Waals surface area contributed by atoms with Crippen molar-refractivity contribution < 1.29 is 14.4 Å². The molecule has 1 atom stereocenters. The second-order valence-corrected chi connectivity index (χ2v) is 5.37. The topological polar surface area (TPSA) is 66.5 Å². The molecule has 5 nitrogen and oxygen atoms in total. The second-order valence-electron chi connectivity index (χ2n) is 5.37. The van der Waals surface area contributed by atoms with E-state index in [0.29, 0.717) is 6.42 Å². The molecule has 3 amide bonds. The van der Waals surface area contributed by atoms with Crippen molar-refractivity contribution in [2.24, 2.45) is 0 Å². The van der Waals surface area contributed by atoms with E-state index >= 15 is 0 Å². The van der Waals surface area contributed by atoms with Gasteiger partial charge in [-0.15, -0.1) is 0 Å². The number of amides is 3. The number of carbonyl (C=O) groups is 3. The van der Waals surface area contributed by atoms with Crippen molar-refractivity contribution in [3.8, 4) is 0 Å². The predicted molar refractivity (Wildman–Crippen MR) is 71.8 cm³/mol. The highest BCUT2D eigenvalue weighted by molar-refractivity contribution is 6.11. The molecular weight excluding hydrogens is 256 g/mol. The Labute approximate surface area is 116 Å². The SMILES string of the molecule is CNC(=O)CN1C(=O)C[C@@]2(CCc3ccccc32)C1=O. The molecule has 3 rings (SSSR count). The molecule has 0 aromatic heterocycles. The van der Waals surface area contributed by atoms with Gasteiger partial charge >= 0.3 is 0 Å². The molecule has 2 aliphatic rings. The van der Waals surface area contributed by atoms with Crippen molar-refractivity contribution in [3.05, 3.63) is 35.4 Å². The first-order valence-electron chi connectivity index (χ1n) is 6.72. The maximum Gasteiger partial charge on any atom is 0.240 e. The molecule has 20 heavy (non-hydrogen) atoms. The minimum absolute atomic E-state index is 0.180. The number of rotatable bonds is 2. The number of hydrogen-bond donors (Lipinski definition) is 1. The van der Waals surface area contributed by atoms with Crippen molar-refractivity contribution in [2.45, 2.75) is 24.7 Å². The minimum atomic E-state index is -0.734. The molecule has 1 N–H and O–H groups in total. The Morgan fingerprint density at radius 3 is 2.85 bits per heavy atom. The van der Waals surface area contributed by atoms with E-state index in [1.165, 1.54) is 7.05 Å². The number of hydrogen-bond acceptors (Lipinski definition) is 3. The van der Waals surface area contributed by atoms with E-state index < -0.39 is 5.41 Å². The molecule has 1 spiro atoms. The molecule has 1 saturated heterocycles. The van der Waals surface area contributed by atoms with Crippen molar-refractivity contribution in [1.82, 2.24) is 10.2 Å². The Hall–Kier alpha value is -2.17. The molecule has 1 fully saturated rings. The van der Waals surface area contributed by atoms with Crippen LogP contribution in [0.5, 0.6) is 0 Å². The van der Waals surface area contributed by atoms with Crippen molar-refractivity contribution in [1.29, 1.82) is 0 Å². The summed E-state index contributed by atoms with van der Waals surface area (Å²) in [5, 5.41) is 2.45. The van der Waals surface area contributed by atoms with Crippen LogP contribution in [0.25, 0.3) is 0 Å². The number of benzene rings is 1. The predicted octanol–water partition coefficient (Wildman–Crippen LogP) is 0.375. The number of carbonyl (C=O) groups excluding carboxylic acids is 3. The summed E-state index contributed by atoms with van der Waals surface area (Å²) >= 11 is 0. The summed E-state index contributed by atoms with van der Waals surface area (Å²) < 4.78 is 0. The largest absolute Gasteiger partial charge is 0.358 e. The highest BCUT2D eigenvalue weighted by Crippen LogP contribution is 2.46. The van der Waals surface area contributed by atoms with Crippen molar-refractivity contribution in [2.75, 3.05) is 13.6 Å². The molecular formula is C15H16N2O3. The first-order chi connectivity index (χ1) is 9.58. The summed E-state index contributed by atoms with van der Waals surface area (Å²) in [5.41, 5.74) is 1.36. The Bertz CT molecular complexity index is 611. The molecule has 5 heteroatoms. The second kappa shape index (κ2) is 4.44. The third-order valence-electron chi connectivity index (χ3n) is 4.34. The average Bonchev–Trinajstić information content (AvgIpc) is 2.94. The molecule has 104 valence electrons. The zero-order valence-electron chi connectivity index (χ0n) is 11.3. The van der Waals surface area contributed by atoms with Gasteiger partial charge in [-0.05, 0) is 24.0 Å². The standard InChI is InChI=1S/C15H16N2O3/c1-16-12(18)9-17-13(19)8-15(14(17)20)7-6-10-4-2-3-5-11(10)15/h2-5H,6-9H2,1H3,(H,16,18)/t15-/m1/s1. The lowest BCUT2D eigenvalue weighted by Gasteiger charge is -2.22. The maximum atomic E-state index is 12.7. The third kappa shape index (κ3) is 1.66. The number of likely N-dealkylation sites (tertiary alicyclic amines) is 1. The lowest BCUT2D eigenvalue weighted by atomic mass is 9.80. The number of aryl methyl sites for hydroxylation is 1. The van der Waals surface area contributed by atoms with Crippen LogP contribution < -0.4 is 5.32 Å². The van der Waals surface area contributed by atoms with Gasteiger partial charge in [0.2, 0.25) is 17.7 Å². The van der Waals surface area contributed by atoms with Gasteiger partial charge in [0.1, 0.15) is 6.54 Å². The molecule has 0 saturated carbocycles. The van der Waals surface area contributed by atoms with E-state index in [-0.39, 0.29) is 30.7 Å². The summed E-state index contributed by atoms with van der Waals surface area (Å²) in [6, 6.07) is 7.77. The summed E-state index contributed by atoms with van der Waals surface area (Å²) in [7, 11) is 1.49. The average molecular weight is 272 g/mol. The molecule has 1 heterocycles. The quantitative estimate of drug-likeness (QED) is 0.791. The Morgan fingerprint density at radius 2 is 2.10 bits per heavy atom. The molecule has 1 aliphatic heterocycles. The summed E-state index contributed by atoms with van der Waals surface area (Å²) in [4.78, 5) is 37.4. The molecule has 1 aromatic carbocycles. The van der Waals surface area contributed by atoms with Crippen molar-refractivity contribution >= 4 is 17.7 Å². The van der Waals surface area contributed by atoms with E-state index in [2.05, 4.69) is 5.32 Å². The van der Waals surface area contributed by atoms with Crippen LogP contribution in [0.15, 0.2) is 24.3 Å². The summed E-state index contributed by atoms with van der Waals surface area (Å²) in [5.74, 6) is -0.804. The van der Waals surface area contributed by atoms with E-state index in [1.54, 1.807) is 0 Å². The smallest absolute Gasteiger partial charge is 0.240 e. The van der Waals surface area contributed by atoms with Gasteiger partial charge in [0.15, 0.2) is 0 Å². The zero-order chi connectivity index (χ0) is 14.3. The summed E-state index contributed by atoms with van der Waals surface area (Å²) in [6.07, 6.45) is 1.64. The lowest BCUT2D eigenvalue weighted by molar-refractivity contribution is -0.143.